The fourth-order valence-corrected chi connectivity index (χ4v) is 2.27. The van der Waals surface area contributed by atoms with Crippen LogP contribution in [0.1, 0.15) is 23.7 Å². The first-order valence-corrected chi connectivity index (χ1v) is 7.48. The van der Waals surface area contributed by atoms with Crippen molar-refractivity contribution in [2.75, 3.05) is 17.2 Å². The van der Waals surface area contributed by atoms with E-state index in [0.717, 1.165) is 12.1 Å². The molecule has 0 unspecified atom stereocenters. The number of benzene rings is 2. The van der Waals surface area contributed by atoms with Gasteiger partial charge in [0.15, 0.2) is 0 Å². The van der Waals surface area contributed by atoms with Gasteiger partial charge in [-0.2, -0.15) is 0 Å². The molecule has 0 radical (unpaired) electrons. The molecule has 0 saturated carbocycles. The summed E-state index contributed by atoms with van der Waals surface area (Å²) in [5, 5.41) is 9.73. The minimum atomic E-state index is -0.149. The Bertz CT molecular complexity index is 641. The highest BCUT2D eigenvalue weighted by atomic mass is 79.9. The number of aromatic hydroxyl groups is 1. The largest absolute Gasteiger partial charge is 0.507 e. The zero-order chi connectivity index (χ0) is 15.4. The molecule has 0 aromatic heterocycles. The average molecular weight is 349 g/mol. The molecule has 0 aliphatic rings. The van der Waals surface area contributed by atoms with Gasteiger partial charge in [-0.05, 0) is 64.8 Å². The normalized spacial score (nSPS) is 10.4. The van der Waals surface area contributed by atoms with Gasteiger partial charge in [-0.1, -0.05) is 6.92 Å². The van der Waals surface area contributed by atoms with E-state index in [1.54, 1.807) is 29.2 Å². The maximum Gasteiger partial charge on any atom is 0.258 e. The second-order valence-corrected chi connectivity index (χ2v) is 5.57. The average Bonchev–Trinajstić information content (AvgIpc) is 2.48. The van der Waals surface area contributed by atoms with Crippen LogP contribution in [0.2, 0.25) is 0 Å². The smallest absolute Gasteiger partial charge is 0.258 e. The molecule has 0 atom stereocenters. The van der Waals surface area contributed by atoms with Crippen molar-refractivity contribution in [3.8, 4) is 5.75 Å². The van der Waals surface area contributed by atoms with Gasteiger partial charge in [0.2, 0.25) is 0 Å². The monoisotopic (exact) mass is 348 g/mol. The number of anilines is 2. The standard InChI is InChI=1S/C16H17BrN2O2/c1-2-9-19(13-6-4-12(18)5-7-13)16(21)11-3-8-14(17)15(20)10-11/h3-8,10,20H,2,9,18H2,1H3. The highest BCUT2D eigenvalue weighted by Crippen LogP contribution is 2.26. The van der Waals surface area contributed by atoms with Gasteiger partial charge >= 0.3 is 0 Å². The van der Waals surface area contributed by atoms with E-state index in [4.69, 9.17) is 5.73 Å². The molecule has 2 rings (SSSR count). The summed E-state index contributed by atoms with van der Waals surface area (Å²) in [5.41, 5.74) is 7.57. The quantitative estimate of drug-likeness (QED) is 0.826. The molecule has 2 aromatic carbocycles. The van der Waals surface area contributed by atoms with Crippen LogP contribution in [-0.2, 0) is 0 Å². The predicted octanol–water partition coefficient (Wildman–Crippen LogP) is 3.79. The van der Waals surface area contributed by atoms with Crippen LogP contribution >= 0.6 is 15.9 Å². The van der Waals surface area contributed by atoms with Crippen molar-refractivity contribution in [3.05, 3.63) is 52.5 Å². The molecule has 3 N–H and O–H groups in total. The van der Waals surface area contributed by atoms with Crippen LogP contribution in [0.25, 0.3) is 0 Å². The van der Waals surface area contributed by atoms with Crippen LogP contribution in [0, 0.1) is 0 Å². The van der Waals surface area contributed by atoms with E-state index in [2.05, 4.69) is 15.9 Å². The maximum absolute atomic E-state index is 12.7. The molecule has 0 spiro atoms. The molecule has 21 heavy (non-hydrogen) atoms. The summed E-state index contributed by atoms with van der Waals surface area (Å²) in [4.78, 5) is 14.3. The van der Waals surface area contributed by atoms with Crippen molar-refractivity contribution in [2.45, 2.75) is 13.3 Å². The van der Waals surface area contributed by atoms with Gasteiger partial charge in [-0.3, -0.25) is 4.79 Å². The van der Waals surface area contributed by atoms with Crippen LogP contribution in [-0.4, -0.2) is 17.6 Å². The van der Waals surface area contributed by atoms with E-state index in [1.807, 2.05) is 19.1 Å². The first-order valence-electron chi connectivity index (χ1n) is 6.69. The lowest BCUT2D eigenvalue weighted by Crippen LogP contribution is -2.31. The van der Waals surface area contributed by atoms with Gasteiger partial charge in [0.25, 0.3) is 5.91 Å². The van der Waals surface area contributed by atoms with Crippen LogP contribution in [0.5, 0.6) is 5.75 Å². The van der Waals surface area contributed by atoms with Gasteiger partial charge in [-0.15, -0.1) is 0 Å². The van der Waals surface area contributed by atoms with Crippen molar-refractivity contribution in [3.63, 3.8) is 0 Å². The van der Waals surface area contributed by atoms with Crippen molar-refractivity contribution >= 4 is 33.2 Å². The molecule has 0 bridgehead atoms. The van der Waals surface area contributed by atoms with Gasteiger partial charge in [0.1, 0.15) is 5.75 Å². The lowest BCUT2D eigenvalue weighted by Gasteiger charge is -2.22. The molecular formula is C16H17BrN2O2. The molecule has 0 aliphatic carbocycles. The molecule has 0 fully saturated rings. The lowest BCUT2D eigenvalue weighted by atomic mass is 10.1. The molecule has 0 saturated heterocycles. The summed E-state index contributed by atoms with van der Waals surface area (Å²) in [6.07, 6.45) is 0.832. The summed E-state index contributed by atoms with van der Waals surface area (Å²) >= 11 is 3.21. The number of amides is 1. The van der Waals surface area contributed by atoms with E-state index in [-0.39, 0.29) is 11.7 Å². The Morgan fingerprint density at radius 2 is 1.90 bits per heavy atom. The Labute approximate surface area is 132 Å². The Kier molecular flexibility index (Phi) is 4.85. The Balaban J connectivity index is 2.34. The number of halogens is 1. The van der Waals surface area contributed by atoms with Gasteiger partial charge in [0.05, 0.1) is 4.47 Å². The molecule has 5 heteroatoms. The fourth-order valence-electron chi connectivity index (χ4n) is 2.03. The van der Waals surface area contributed by atoms with Crippen molar-refractivity contribution < 1.29 is 9.90 Å². The second kappa shape index (κ2) is 6.63. The molecule has 4 nitrogen and oxygen atoms in total. The van der Waals surface area contributed by atoms with Crippen LogP contribution in [0.3, 0.4) is 0 Å². The number of nitrogens with two attached hydrogens (primary N) is 1. The van der Waals surface area contributed by atoms with E-state index >= 15 is 0 Å². The van der Waals surface area contributed by atoms with Crippen molar-refractivity contribution in [1.82, 2.24) is 0 Å². The van der Waals surface area contributed by atoms with Gasteiger partial charge in [0, 0.05) is 23.5 Å². The summed E-state index contributed by atoms with van der Waals surface area (Å²) < 4.78 is 0.563. The first-order chi connectivity index (χ1) is 10.0. The number of rotatable bonds is 4. The highest BCUT2D eigenvalue weighted by Gasteiger charge is 2.17. The summed E-state index contributed by atoms with van der Waals surface area (Å²) in [6.45, 7) is 2.61. The third-order valence-corrected chi connectivity index (χ3v) is 3.76. The topological polar surface area (TPSA) is 66.6 Å². The Morgan fingerprint density at radius 3 is 2.48 bits per heavy atom. The number of hydrogen-bond donors (Lipinski definition) is 2. The summed E-state index contributed by atoms with van der Waals surface area (Å²) in [6, 6.07) is 12.0. The number of nitrogen functional groups attached to an aromatic ring is 1. The summed E-state index contributed by atoms with van der Waals surface area (Å²) in [7, 11) is 0. The first kappa shape index (κ1) is 15.4. The number of carbonyl (C=O) groups is 1. The second-order valence-electron chi connectivity index (χ2n) is 4.71. The van der Waals surface area contributed by atoms with Crippen molar-refractivity contribution in [1.29, 1.82) is 0 Å². The molecule has 0 aliphatic heterocycles. The number of carbonyl (C=O) groups excluding carboxylic acids is 1. The molecule has 110 valence electrons. The zero-order valence-corrected chi connectivity index (χ0v) is 13.3. The molecular weight excluding hydrogens is 332 g/mol. The predicted molar refractivity (Wildman–Crippen MR) is 88.6 cm³/mol. The number of phenolic OH excluding ortho intramolecular Hbond substituents is 1. The molecule has 0 heterocycles. The minimum absolute atomic E-state index is 0.0506. The molecule has 1 amide bonds. The van der Waals surface area contributed by atoms with E-state index < -0.39 is 0 Å². The van der Waals surface area contributed by atoms with E-state index in [9.17, 15) is 9.90 Å². The fraction of sp³-hybridized carbons (Fsp3) is 0.188. The Morgan fingerprint density at radius 1 is 1.24 bits per heavy atom. The third-order valence-electron chi connectivity index (χ3n) is 3.09. The number of phenols is 1. The van der Waals surface area contributed by atoms with E-state index in [0.29, 0.717) is 22.3 Å². The van der Waals surface area contributed by atoms with Gasteiger partial charge in [-0.25, -0.2) is 0 Å². The Hall–Kier alpha value is -2.01. The highest BCUT2D eigenvalue weighted by molar-refractivity contribution is 9.10. The van der Waals surface area contributed by atoms with Crippen LogP contribution in [0.4, 0.5) is 11.4 Å². The maximum atomic E-state index is 12.7. The van der Waals surface area contributed by atoms with E-state index in [1.165, 1.54) is 6.07 Å². The van der Waals surface area contributed by atoms with Crippen LogP contribution < -0.4 is 10.6 Å². The minimum Gasteiger partial charge on any atom is -0.507 e. The number of hydrogen-bond acceptors (Lipinski definition) is 3. The van der Waals surface area contributed by atoms with Crippen molar-refractivity contribution in [2.24, 2.45) is 0 Å². The number of nitrogens with zero attached hydrogens (tertiary/aromatic N) is 1. The molecule has 2 aromatic rings. The summed E-state index contributed by atoms with van der Waals surface area (Å²) in [5.74, 6) is -0.0981. The third kappa shape index (κ3) is 3.55. The zero-order valence-electron chi connectivity index (χ0n) is 11.7. The van der Waals surface area contributed by atoms with Crippen LogP contribution in [0.15, 0.2) is 46.9 Å². The van der Waals surface area contributed by atoms with Gasteiger partial charge < -0.3 is 15.7 Å². The lowest BCUT2D eigenvalue weighted by molar-refractivity contribution is 0.0986. The SMILES string of the molecule is CCCN(C(=O)c1ccc(Br)c(O)c1)c1ccc(N)cc1.